The Hall–Kier alpha value is -0.575. The SMILES string of the molecule is OB(O)Cc1ccc(Cl)cc1F. The van der Waals surface area contributed by atoms with Crippen LogP contribution in [0.5, 0.6) is 0 Å². The quantitative estimate of drug-likeness (QED) is 0.681. The van der Waals surface area contributed by atoms with E-state index < -0.39 is 12.9 Å². The van der Waals surface area contributed by atoms with Gasteiger partial charge in [0.15, 0.2) is 0 Å². The lowest BCUT2D eigenvalue weighted by molar-refractivity contribution is 0.403. The van der Waals surface area contributed by atoms with E-state index in [1.807, 2.05) is 0 Å². The second-order valence-corrected chi connectivity index (χ2v) is 2.86. The Bertz CT molecular complexity index is 280. The minimum Gasteiger partial charge on any atom is -0.427 e. The standard InChI is InChI=1S/C7H7BClFO2/c9-6-2-1-5(4-8(11)12)7(10)3-6/h1-3,11-12H,4H2. The molecule has 0 aliphatic rings. The Morgan fingerprint density at radius 1 is 1.42 bits per heavy atom. The Balaban J connectivity index is 2.86. The molecule has 0 aromatic heterocycles. The molecule has 0 aliphatic heterocycles. The molecule has 1 rings (SSSR count). The van der Waals surface area contributed by atoms with Gasteiger partial charge in [0.2, 0.25) is 0 Å². The second-order valence-electron chi connectivity index (χ2n) is 2.42. The van der Waals surface area contributed by atoms with E-state index in [1.165, 1.54) is 12.1 Å². The summed E-state index contributed by atoms with van der Waals surface area (Å²) < 4.78 is 12.9. The minimum atomic E-state index is -1.53. The summed E-state index contributed by atoms with van der Waals surface area (Å²) >= 11 is 5.49. The molecule has 0 saturated carbocycles. The molecule has 5 heteroatoms. The topological polar surface area (TPSA) is 40.5 Å². The Labute approximate surface area is 74.7 Å². The van der Waals surface area contributed by atoms with Crippen molar-refractivity contribution in [1.29, 1.82) is 0 Å². The van der Waals surface area contributed by atoms with Crippen molar-refractivity contribution in [1.82, 2.24) is 0 Å². The first-order valence-electron chi connectivity index (χ1n) is 3.39. The molecule has 0 atom stereocenters. The predicted molar refractivity (Wildman–Crippen MR) is 45.3 cm³/mol. The van der Waals surface area contributed by atoms with E-state index in [0.717, 1.165) is 6.07 Å². The number of rotatable bonds is 2. The lowest BCUT2D eigenvalue weighted by atomic mass is 9.82. The lowest BCUT2D eigenvalue weighted by Crippen LogP contribution is -2.16. The van der Waals surface area contributed by atoms with Crippen molar-refractivity contribution in [2.45, 2.75) is 6.32 Å². The van der Waals surface area contributed by atoms with Crippen LogP contribution in [0.25, 0.3) is 0 Å². The number of halogens is 2. The van der Waals surface area contributed by atoms with Gasteiger partial charge in [-0.2, -0.15) is 0 Å². The van der Waals surface area contributed by atoms with Gasteiger partial charge in [0, 0.05) is 11.3 Å². The second kappa shape index (κ2) is 3.89. The van der Waals surface area contributed by atoms with E-state index >= 15 is 0 Å². The van der Waals surface area contributed by atoms with Crippen molar-refractivity contribution in [2.24, 2.45) is 0 Å². The number of hydrogen-bond donors (Lipinski definition) is 2. The van der Waals surface area contributed by atoms with E-state index in [-0.39, 0.29) is 11.9 Å². The van der Waals surface area contributed by atoms with Crippen LogP contribution in [-0.4, -0.2) is 17.2 Å². The van der Waals surface area contributed by atoms with Gasteiger partial charge in [0.1, 0.15) is 5.82 Å². The monoisotopic (exact) mass is 188 g/mol. The summed E-state index contributed by atoms with van der Waals surface area (Å²) in [6.45, 7) is 0. The normalized spacial score (nSPS) is 10.0. The van der Waals surface area contributed by atoms with Crippen LogP contribution in [0.2, 0.25) is 5.02 Å². The highest BCUT2D eigenvalue weighted by molar-refractivity contribution is 6.40. The first kappa shape index (κ1) is 9.51. The maximum atomic E-state index is 12.9. The molecule has 0 heterocycles. The van der Waals surface area contributed by atoms with Gasteiger partial charge in [-0.25, -0.2) is 4.39 Å². The Morgan fingerprint density at radius 3 is 2.58 bits per heavy atom. The third-order valence-electron chi connectivity index (χ3n) is 1.42. The van der Waals surface area contributed by atoms with E-state index in [2.05, 4.69) is 0 Å². The van der Waals surface area contributed by atoms with Gasteiger partial charge in [0.25, 0.3) is 0 Å². The van der Waals surface area contributed by atoms with Crippen LogP contribution in [0.4, 0.5) is 4.39 Å². The van der Waals surface area contributed by atoms with Crippen LogP contribution in [0.3, 0.4) is 0 Å². The molecule has 0 aliphatic carbocycles. The summed E-state index contributed by atoms with van der Waals surface area (Å²) in [5.74, 6) is -0.518. The van der Waals surface area contributed by atoms with Crippen molar-refractivity contribution in [3.8, 4) is 0 Å². The van der Waals surface area contributed by atoms with Crippen molar-refractivity contribution in [3.63, 3.8) is 0 Å². The van der Waals surface area contributed by atoms with Gasteiger partial charge in [-0.3, -0.25) is 0 Å². The fraction of sp³-hybridized carbons (Fsp3) is 0.143. The molecule has 0 radical (unpaired) electrons. The first-order valence-corrected chi connectivity index (χ1v) is 3.77. The molecular weight excluding hydrogens is 181 g/mol. The van der Waals surface area contributed by atoms with Crippen LogP contribution < -0.4 is 0 Å². The molecule has 0 unspecified atom stereocenters. The third kappa shape index (κ3) is 2.48. The van der Waals surface area contributed by atoms with Crippen molar-refractivity contribution in [3.05, 3.63) is 34.6 Å². The summed E-state index contributed by atoms with van der Waals surface area (Å²) in [4.78, 5) is 0. The zero-order chi connectivity index (χ0) is 9.14. The molecule has 0 spiro atoms. The van der Waals surface area contributed by atoms with Gasteiger partial charge in [-0.05, 0) is 17.7 Å². The average molecular weight is 188 g/mol. The van der Waals surface area contributed by atoms with Gasteiger partial charge in [-0.15, -0.1) is 0 Å². The fourth-order valence-corrected chi connectivity index (χ4v) is 1.04. The summed E-state index contributed by atoms with van der Waals surface area (Å²) in [6.07, 6.45) is -0.122. The van der Waals surface area contributed by atoms with Crippen LogP contribution in [0, 0.1) is 5.82 Å². The fourth-order valence-electron chi connectivity index (χ4n) is 0.884. The maximum Gasteiger partial charge on any atom is 0.456 e. The van der Waals surface area contributed by atoms with Gasteiger partial charge in [-0.1, -0.05) is 17.7 Å². The highest BCUT2D eigenvalue weighted by atomic mass is 35.5. The molecular formula is C7H7BClFO2. The zero-order valence-corrected chi connectivity index (χ0v) is 6.92. The first-order chi connectivity index (χ1) is 5.59. The molecule has 0 saturated heterocycles. The van der Waals surface area contributed by atoms with Crippen LogP contribution in [-0.2, 0) is 6.32 Å². The molecule has 2 nitrogen and oxygen atoms in total. The number of hydrogen-bond acceptors (Lipinski definition) is 2. The lowest BCUT2D eigenvalue weighted by Gasteiger charge is -2.01. The van der Waals surface area contributed by atoms with E-state index in [9.17, 15) is 4.39 Å². The molecule has 0 bridgehead atoms. The molecule has 64 valence electrons. The van der Waals surface area contributed by atoms with E-state index in [4.69, 9.17) is 21.6 Å². The third-order valence-corrected chi connectivity index (χ3v) is 1.65. The summed E-state index contributed by atoms with van der Waals surface area (Å²) in [5.41, 5.74) is 0.245. The zero-order valence-electron chi connectivity index (χ0n) is 6.17. The highest BCUT2D eigenvalue weighted by Crippen LogP contribution is 2.14. The van der Waals surface area contributed by atoms with Crippen LogP contribution in [0.1, 0.15) is 5.56 Å². The molecule has 2 N–H and O–H groups in total. The minimum absolute atomic E-state index is 0.122. The number of benzene rings is 1. The molecule has 1 aromatic carbocycles. The van der Waals surface area contributed by atoms with Gasteiger partial charge in [0.05, 0.1) is 0 Å². The van der Waals surface area contributed by atoms with E-state index in [0.29, 0.717) is 5.02 Å². The van der Waals surface area contributed by atoms with Crippen molar-refractivity contribution >= 4 is 18.7 Å². The van der Waals surface area contributed by atoms with Crippen LogP contribution >= 0.6 is 11.6 Å². The Kier molecular flexibility index (Phi) is 3.09. The predicted octanol–water partition coefficient (Wildman–Crippen LogP) is 1.03. The van der Waals surface area contributed by atoms with E-state index in [1.54, 1.807) is 0 Å². The van der Waals surface area contributed by atoms with Crippen LogP contribution in [0.15, 0.2) is 18.2 Å². The smallest absolute Gasteiger partial charge is 0.427 e. The Morgan fingerprint density at radius 2 is 2.08 bits per heavy atom. The summed E-state index contributed by atoms with van der Waals surface area (Å²) in [5, 5.41) is 17.4. The van der Waals surface area contributed by atoms with Crippen molar-refractivity contribution < 1.29 is 14.4 Å². The van der Waals surface area contributed by atoms with Gasteiger partial charge < -0.3 is 10.0 Å². The van der Waals surface area contributed by atoms with Crippen molar-refractivity contribution in [2.75, 3.05) is 0 Å². The summed E-state index contributed by atoms with van der Waals surface area (Å²) in [6, 6.07) is 4.07. The highest BCUT2D eigenvalue weighted by Gasteiger charge is 2.11. The maximum absolute atomic E-state index is 12.9. The molecule has 12 heavy (non-hydrogen) atoms. The molecule has 0 amide bonds. The molecule has 0 fully saturated rings. The average Bonchev–Trinajstić information content (AvgIpc) is 1.94. The summed E-state index contributed by atoms with van der Waals surface area (Å²) in [7, 11) is -1.53. The molecule has 1 aromatic rings. The largest absolute Gasteiger partial charge is 0.456 e. The van der Waals surface area contributed by atoms with Gasteiger partial charge >= 0.3 is 7.12 Å².